The van der Waals surface area contributed by atoms with Crippen molar-refractivity contribution >= 4 is 11.8 Å². The topological polar surface area (TPSA) is 89.3 Å². The van der Waals surface area contributed by atoms with E-state index in [2.05, 4.69) is 23.8 Å². The molecule has 1 unspecified atom stereocenters. The molecule has 2 amide bonds. The number of amides is 2. The first-order chi connectivity index (χ1) is 11.9. The second-order valence-corrected chi connectivity index (χ2v) is 7.98. The van der Waals surface area contributed by atoms with Gasteiger partial charge in [-0.05, 0) is 31.6 Å². The highest BCUT2D eigenvalue weighted by atomic mass is 16.2. The number of nitrogens with one attached hydrogen (secondary N) is 2. The van der Waals surface area contributed by atoms with Gasteiger partial charge < -0.3 is 19.8 Å². The predicted octanol–water partition coefficient (Wildman–Crippen LogP) is 1.59. The van der Waals surface area contributed by atoms with Gasteiger partial charge in [0.15, 0.2) is 0 Å². The second kappa shape index (κ2) is 7.06. The molecule has 25 heavy (non-hydrogen) atoms. The van der Waals surface area contributed by atoms with Crippen molar-refractivity contribution in [2.75, 3.05) is 26.2 Å². The van der Waals surface area contributed by atoms with Crippen LogP contribution >= 0.6 is 0 Å². The molecule has 2 aliphatic heterocycles. The first kappa shape index (κ1) is 17.8. The third-order valence-corrected chi connectivity index (χ3v) is 5.50. The van der Waals surface area contributed by atoms with Gasteiger partial charge in [0.05, 0.1) is 0 Å². The fourth-order valence-corrected chi connectivity index (χ4v) is 4.05. The molecule has 2 saturated heterocycles. The molecule has 1 spiro atoms. The molecule has 0 saturated carbocycles. The summed E-state index contributed by atoms with van der Waals surface area (Å²) in [7, 11) is 0. The van der Waals surface area contributed by atoms with E-state index >= 15 is 0 Å². The molecule has 3 heterocycles. The minimum atomic E-state index is -0.363. The van der Waals surface area contributed by atoms with Crippen LogP contribution in [-0.2, 0) is 4.79 Å². The third-order valence-electron chi connectivity index (χ3n) is 5.50. The zero-order valence-corrected chi connectivity index (χ0v) is 15.1. The highest BCUT2D eigenvalue weighted by Gasteiger charge is 2.42. The van der Waals surface area contributed by atoms with Crippen molar-refractivity contribution in [3.05, 3.63) is 22.4 Å². The van der Waals surface area contributed by atoms with E-state index in [-0.39, 0.29) is 22.9 Å². The molecule has 3 rings (SSSR count). The maximum absolute atomic E-state index is 12.7. The Bertz CT molecular complexity index is 692. The van der Waals surface area contributed by atoms with Gasteiger partial charge in [0, 0.05) is 44.2 Å². The number of hydrogen-bond donors (Lipinski definition) is 2. The molecule has 7 heteroatoms. The smallest absolute Gasteiger partial charge is 0.323 e. The Morgan fingerprint density at radius 1 is 1.28 bits per heavy atom. The van der Waals surface area contributed by atoms with Gasteiger partial charge >= 0.3 is 5.69 Å². The van der Waals surface area contributed by atoms with Crippen LogP contribution in [0.5, 0.6) is 0 Å². The highest BCUT2D eigenvalue weighted by Crippen LogP contribution is 2.39. The van der Waals surface area contributed by atoms with Crippen LogP contribution < -0.4 is 5.69 Å². The van der Waals surface area contributed by atoms with Crippen molar-refractivity contribution < 1.29 is 9.59 Å². The number of aromatic amines is 2. The van der Waals surface area contributed by atoms with E-state index in [1.54, 1.807) is 0 Å². The van der Waals surface area contributed by atoms with Crippen LogP contribution in [0.15, 0.2) is 11.0 Å². The van der Waals surface area contributed by atoms with Crippen molar-refractivity contribution in [1.82, 2.24) is 19.8 Å². The first-order valence-corrected chi connectivity index (χ1v) is 9.23. The predicted molar refractivity (Wildman–Crippen MR) is 94.3 cm³/mol. The Balaban J connectivity index is 1.69. The van der Waals surface area contributed by atoms with Crippen LogP contribution in [-0.4, -0.2) is 57.8 Å². The molecule has 0 aromatic carbocycles. The fraction of sp³-hybridized carbons (Fsp3) is 0.722. The molecule has 2 fully saturated rings. The van der Waals surface area contributed by atoms with E-state index in [9.17, 15) is 14.4 Å². The van der Waals surface area contributed by atoms with Gasteiger partial charge in [-0.2, -0.15) is 0 Å². The number of hydrogen-bond acceptors (Lipinski definition) is 3. The Morgan fingerprint density at radius 3 is 2.76 bits per heavy atom. The summed E-state index contributed by atoms with van der Waals surface area (Å²) in [6.45, 7) is 7.24. The van der Waals surface area contributed by atoms with Crippen LogP contribution in [0, 0.1) is 11.3 Å². The number of imidazole rings is 1. The number of rotatable bonds is 4. The largest absolute Gasteiger partial charge is 0.342 e. The number of aromatic nitrogens is 2. The lowest BCUT2D eigenvalue weighted by Gasteiger charge is -2.48. The highest BCUT2D eigenvalue weighted by molar-refractivity contribution is 5.92. The molecule has 0 bridgehead atoms. The van der Waals surface area contributed by atoms with Crippen LogP contribution in [0.4, 0.5) is 0 Å². The number of nitrogens with zero attached hydrogens (tertiary/aromatic N) is 2. The molecular weight excluding hydrogens is 320 g/mol. The van der Waals surface area contributed by atoms with Crippen molar-refractivity contribution in [2.45, 2.75) is 46.0 Å². The minimum Gasteiger partial charge on any atom is -0.342 e. The maximum atomic E-state index is 12.7. The van der Waals surface area contributed by atoms with Crippen molar-refractivity contribution in [3.63, 3.8) is 0 Å². The number of H-pyrrole nitrogens is 2. The number of piperidine rings is 2. The first-order valence-electron chi connectivity index (χ1n) is 9.23. The normalized spacial score (nSPS) is 24.4. The molecule has 0 aliphatic carbocycles. The summed E-state index contributed by atoms with van der Waals surface area (Å²) in [5, 5.41) is 0. The van der Waals surface area contributed by atoms with Gasteiger partial charge in [0.1, 0.15) is 5.69 Å². The number of carbonyl (C=O) groups excluding carboxylic acids is 2. The second-order valence-electron chi connectivity index (χ2n) is 7.98. The summed E-state index contributed by atoms with van der Waals surface area (Å²) < 4.78 is 0. The molecule has 0 radical (unpaired) electrons. The van der Waals surface area contributed by atoms with Gasteiger partial charge in [0.2, 0.25) is 5.91 Å². The quantitative estimate of drug-likeness (QED) is 0.866. The van der Waals surface area contributed by atoms with Gasteiger partial charge in [-0.15, -0.1) is 0 Å². The van der Waals surface area contributed by atoms with E-state index in [4.69, 9.17) is 0 Å². The lowest BCUT2D eigenvalue weighted by molar-refractivity contribution is -0.139. The van der Waals surface area contributed by atoms with Crippen molar-refractivity contribution in [1.29, 1.82) is 0 Å². The lowest BCUT2D eigenvalue weighted by atomic mass is 9.73. The molecule has 1 aromatic rings. The average Bonchev–Trinajstić information content (AvgIpc) is 3.02. The lowest BCUT2D eigenvalue weighted by Crippen LogP contribution is -2.55. The van der Waals surface area contributed by atoms with Gasteiger partial charge in [0.25, 0.3) is 5.91 Å². The Kier molecular flexibility index (Phi) is 5.01. The monoisotopic (exact) mass is 348 g/mol. The Morgan fingerprint density at radius 2 is 2.08 bits per heavy atom. The van der Waals surface area contributed by atoms with Crippen molar-refractivity contribution in [3.8, 4) is 0 Å². The molecule has 1 aromatic heterocycles. The van der Waals surface area contributed by atoms with Crippen LogP contribution in [0.2, 0.25) is 0 Å². The minimum absolute atomic E-state index is 0.00456. The molecular formula is C18H28N4O3. The zero-order valence-electron chi connectivity index (χ0n) is 15.1. The standard InChI is InChI=1S/C18H28N4O3/c1-13(2)5-9-21-11-18(7-4-15(21)23)6-3-8-22(12-18)16(24)14-10-19-17(25)20-14/h10,13H,3-9,11-12H2,1-2H3,(H2,19,20,25). The van der Waals surface area contributed by atoms with E-state index in [1.807, 2.05) is 9.80 Å². The maximum Gasteiger partial charge on any atom is 0.323 e. The molecule has 2 N–H and O–H groups in total. The molecule has 7 nitrogen and oxygen atoms in total. The van der Waals surface area contributed by atoms with E-state index < -0.39 is 0 Å². The Labute approximate surface area is 147 Å². The number of likely N-dealkylation sites (tertiary alicyclic amines) is 2. The summed E-state index contributed by atoms with van der Waals surface area (Å²) >= 11 is 0. The van der Waals surface area contributed by atoms with E-state index in [0.29, 0.717) is 31.1 Å². The van der Waals surface area contributed by atoms with Crippen LogP contribution in [0.1, 0.15) is 56.4 Å². The van der Waals surface area contributed by atoms with E-state index in [0.717, 1.165) is 38.8 Å². The molecule has 2 aliphatic rings. The summed E-state index contributed by atoms with van der Waals surface area (Å²) in [6, 6.07) is 0. The van der Waals surface area contributed by atoms with E-state index in [1.165, 1.54) is 6.20 Å². The summed E-state index contributed by atoms with van der Waals surface area (Å²) in [5.74, 6) is 0.674. The van der Waals surface area contributed by atoms with Gasteiger partial charge in [-0.3, -0.25) is 9.59 Å². The summed E-state index contributed by atoms with van der Waals surface area (Å²) in [6.07, 6.45) is 5.84. The summed E-state index contributed by atoms with van der Waals surface area (Å²) in [4.78, 5) is 45.0. The van der Waals surface area contributed by atoms with Crippen LogP contribution in [0.3, 0.4) is 0 Å². The zero-order chi connectivity index (χ0) is 18.0. The number of carbonyl (C=O) groups is 2. The SMILES string of the molecule is CC(C)CCN1CC2(CCCN(C(=O)c3c[nH]c(=O)[nH]3)C2)CCC1=O. The average molecular weight is 348 g/mol. The Hall–Kier alpha value is -2.05. The molecule has 1 atom stereocenters. The summed E-state index contributed by atoms with van der Waals surface area (Å²) in [5.41, 5.74) is -0.0566. The third kappa shape index (κ3) is 3.96. The van der Waals surface area contributed by atoms with Crippen molar-refractivity contribution in [2.24, 2.45) is 11.3 Å². The van der Waals surface area contributed by atoms with Crippen LogP contribution in [0.25, 0.3) is 0 Å². The van der Waals surface area contributed by atoms with Gasteiger partial charge in [-0.25, -0.2) is 4.79 Å². The fourth-order valence-electron chi connectivity index (χ4n) is 4.05. The van der Waals surface area contributed by atoms with Gasteiger partial charge in [-0.1, -0.05) is 13.8 Å². The molecule has 138 valence electrons.